The van der Waals surface area contributed by atoms with E-state index in [9.17, 15) is 14.7 Å². The Bertz CT molecular complexity index is 781. The van der Waals surface area contributed by atoms with E-state index in [-0.39, 0.29) is 31.8 Å². The number of aliphatic carboxylic acids is 1. The number of nitrogens with zero attached hydrogens (tertiary/aromatic N) is 1. The lowest BCUT2D eigenvalue weighted by Crippen LogP contribution is -2.50. The largest absolute Gasteiger partial charge is 0.479 e. The molecular formula is C17H16BrNO4. The third kappa shape index (κ3) is 2.96. The predicted molar refractivity (Wildman–Crippen MR) is 89.4 cm³/mol. The number of hydrogen-bond donors (Lipinski definition) is 2. The molecule has 2 aromatic rings. The van der Waals surface area contributed by atoms with Gasteiger partial charge >= 0.3 is 5.97 Å². The average Bonchev–Trinajstić information content (AvgIpc) is 2.54. The Morgan fingerprint density at radius 1 is 1.13 bits per heavy atom. The number of carboxylic acid groups (broad SMARTS) is 1. The summed E-state index contributed by atoms with van der Waals surface area (Å²) >= 11 is 3.42. The van der Waals surface area contributed by atoms with Crippen LogP contribution >= 0.6 is 15.9 Å². The quantitative estimate of drug-likeness (QED) is 0.843. The molecule has 120 valence electrons. The number of hydrogen-bond acceptors (Lipinski definition) is 3. The van der Waals surface area contributed by atoms with Gasteiger partial charge in [-0.3, -0.25) is 4.79 Å². The molecule has 1 aliphatic rings. The van der Waals surface area contributed by atoms with Gasteiger partial charge in [-0.25, -0.2) is 4.79 Å². The molecule has 1 heterocycles. The van der Waals surface area contributed by atoms with Gasteiger partial charge in [0.15, 0.2) is 5.60 Å². The number of amides is 1. The molecule has 0 aromatic heterocycles. The smallest absolute Gasteiger partial charge is 0.335 e. The highest BCUT2D eigenvalue weighted by Crippen LogP contribution is 2.28. The summed E-state index contributed by atoms with van der Waals surface area (Å²) in [6.45, 7) is 0.449. The van der Waals surface area contributed by atoms with Crippen molar-refractivity contribution in [2.24, 2.45) is 0 Å². The molecule has 6 heteroatoms. The Labute approximate surface area is 141 Å². The minimum Gasteiger partial charge on any atom is -0.479 e. The number of likely N-dealkylation sites (tertiary alicyclic amines) is 1. The summed E-state index contributed by atoms with van der Waals surface area (Å²) in [6, 6.07) is 11.4. The fraction of sp³-hybridized carbons (Fsp3) is 0.294. The number of aliphatic hydroxyl groups is 1. The lowest BCUT2D eigenvalue weighted by atomic mass is 9.91. The monoisotopic (exact) mass is 377 g/mol. The number of carboxylic acids is 1. The first-order chi connectivity index (χ1) is 10.9. The summed E-state index contributed by atoms with van der Waals surface area (Å²) in [5, 5.41) is 20.9. The molecule has 1 saturated heterocycles. The second-order valence-electron chi connectivity index (χ2n) is 5.80. The maximum Gasteiger partial charge on any atom is 0.335 e. The van der Waals surface area contributed by atoms with E-state index < -0.39 is 11.6 Å². The molecule has 1 fully saturated rings. The van der Waals surface area contributed by atoms with Gasteiger partial charge in [0.2, 0.25) is 0 Å². The molecule has 1 amide bonds. The van der Waals surface area contributed by atoms with Crippen molar-refractivity contribution >= 4 is 38.6 Å². The van der Waals surface area contributed by atoms with Gasteiger partial charge in [0.05, 0.1) is 0 Å². The van der Waals surface area contributed by atoms with Crippen molar-refractivity contribution in [2.45, 2.75) is 18.4 Å². The number of benzene rings is 2. The number of fused-ring (bicyclic) bond motifs is 1. The molecule has 2 N–H and O–H groups in total. The summed E-state index contributed by atoms with van der Waals surface area (Å²) in [4.78, 5) is 25.5. The molecule has 5 nitrogen and oxygen atoms in total. The number of carbonyl (C=O) groups is 2. The summed E-state index contributed by atoms with van der Waals surface area (Å²) in [6.07, 6.45) is 0.0834. The Morgan fingerprint density at radius 2 is 1.78 bits per heavy atom. The number of piperidine rings is 1. The van der Waals surface area contributed by atoms with E-state index in [0.717, 1.165) is 15.2 Å². The first kappa shape index (κ1) is 16.0. The zero-order valence-electron chi connectivity index (χ0n) is 12.3. The highest BCUT2D eigenvalue weighted by Gasteiger charge is 2.40. The molecule has 0 bridgehead atoms. The number of halogens is 1. The highest BCUT2D eigenvalue weighted by molar-refractivity contribution is 9.10. The Balaban J connectivity index is 1.89. The van der Waals surface area contributed by atoms with Crippen LogP contribution in [0.3, 0.4) is 0 Å². The fourth-order valence-corrected chi connectivity index (χ4v) is 3.39. The van der Waals surface area contributed by atoms with Crippen LogP contribution in [0.15, 0.2) is 40.9 Å². The molecule has 3 rings (SSSR count). The van der Waals surface area contributed by atoms with E-state index in [1.807, 2.05) is 30.3 Å². The van der Waals surface area contributed by atoms with Gasteiger partial charge in [0, 0.05) is 36.0 Å². The van der Waals surface area contributed by atoms with E-state index in [0.29, 0.717) is 5.56 Å². The predicted octanol–water partition coefficient (Wildman–Crippen LogP) is 2.65. The van der Waals surface area contributed by atoms with Crippen LogP contribution in [-0.2, 0) is 4.79 Å². The van der Waals surface area contributed by atoms with E-state index in [4.69, 9.17) is 5.11 Å². The molecule has 0 spiro atoms. The van der Waals surface area contributed by atoms with Gasteiger partial charge in [-0.05, 0) is 22.9 Å². The molecule has 1 aliphatic heterocycles. The third-order valence-corrected chi connectivity index (χ3v) is 4.79. The zero-order chi connectivity index (χ0) is 16.6. The fourth-order valence-electron chi connectivity index (χ4n) is 2.91. The number of carbonyl (C=O) groups excluding carboxylic acids is 1. The van der Waals surface area contributed by atoms with Crippen molar-refractivity contribution in [3.63, 3.8) is 0 Å². The maximum absolute atomic E-state index is 12.8. The van der Waals surface area contributed by atoms with Crippen LogP contribution in [-0.4, -0.2) is 45.7 Å². The topological polar surface area (TPSA) is 77.8 Å². The van der Waals surface area contributed by atoms with Gasteiger partial charge in [-0.15, -0.1) is 0 Å². The molecule has 2 aromatic carbocycles. The second-order valence-corrected chi connectivity index (χ2v) is 6.72. The molecule has 23 heavy (non-hydrogen) atoms. The Kier molecular flexibility index (Phi) is 4.12. The Morgan fingerprint density at radius 3 is 2.43 bits per heavy atom. The van der Waals surface area contributed by atoms with E-state index >= 15 is 0 Å². The van der Waals surface area contributed by atoms with Crippen molar-refractivity contribution in [3.8, 4) is 0 Å². The van der Waals surface area contributed by atoms with Gasteiger partial charge in [-0.1, -0.05) is 40.2 Å². The second kappa shape index (κ2) is 5.94. The molecule has 0 aliphatic carbocycles. The first-order valence-electron chi connectivity index (χ1n) is 7.34. The van der Waals surface area contributed by atoms with Crippen molar-refractivity contribution in [3.05, 3.63) is 46.4 Å². The van der Waals surface area contributed by atoms with Gasteiger partial charge in [-0.2, -0.15) is 0 Å². The average molecular weight is 378 g/mol. The minimum atomic E-state index is -1.73. The molecular weight excluding hydrogens is 362 g/mol. The van der Waals surface area contributed by atoms with Crippen LogP contribution in [0, 0.1) is 0 Å². The van der Waals surface area contributed by atoms with Crippen LogP contribution in [0.5, 0.6) is 0 Å². The normalized spacial score (nSPS) is 17.2. The Hall–Kier alpha value is -1.92. The summed E-state index contributed by atoms with van der Waals surface area (Å²) in [5.41, 5.74) is -1.15. The van der Waals surface area contributed by atoms with Crippen LogP contribution < -0.4 is 0 Å². The van der Waals surface area contributed by atoms with E-state index in [2.05, 4.69) is 15.9 Å². The van der Waals surface area contributed by atoms with Crippen molar-refractivity contribution in [1.82, 2.24) is 4.90 Å². The van der Waals surface area contributed by atoms with Crippen molar-refractivity contribution in [2.75, 3.05) is 13.1 Å². The number of rotatable bonds is 2. The van der Waals surface area contributed by atoms with Crippen LogP contribution in [0.25, 0.3) is 10.8 Å². The van der Waals surface area contributed by atoms with Gasteiger partial charge in [0.1, 0.15) is 0 Å². The molecule has 0 atom stereocenters. The minimum absolute atomic E-state index is 0.0417. The summed E-state index contributed by atoms with van der Waals surface area (Å²) in [7, 11) is 0. The van der Waals surface area contributed by atoms with Gasteiger partial charge < -0.3 is 15.1 Å². The summed E-state index contributed by atoms with van der Waals surface area (Å²) < 4.78 is 0.818. The zero-order valence-corrected chi connectivity index (χ0v) is 13.9. The first-order valence-corrected chi connectivity index (χ1v) is 8.13. The van der Waals surface area contributed by atoms with Crippen molar-refractivity contribution in [1.29, 1.82) is 0 Å². The molecule has 0 radical (unpaired) electrons. The van der Waals surface area contributed by atoms with E-state index in [1.54, 1.807) is 11.0 Å². The van der Waals surface area contributed by atoms with Gasteiger partial charge in [0.25, 0.3) is 5.91 Å². The standard InChI is InChI=1S/C17H16BrNO4/c18-12-9-11-3-1-2-4-13(11)14(10-12)15(20)19-7-5-17(23,6-8-19)16(21)22/h1-4,9-10,23H,5-8H2,(H,21,22). The maximum atomic E-state index is 12.8. The van der Waals surface area contributed by atoms with Crippen LogP contribution in [0.4, 0.5) is 0 Å². The molecule has 0 unspecified atom stereocenters. The molecule has 0 saturated carbocycles. The summed E-state index contributed by atoms with van der Waals surface area (Å²) in [5.74, 6) is -1.37. The SMILES string of the molecule is O=C(c1cc(Br)cc2ccccc12)N1CCC(O)(C(=O)O)CC1. The van der Waals surface area contributed by atoms with Crippen LogP contribution in [0.1, 0.15) is 23.2 Å². The lowest BCUT2D eigenvalue weighted by Gasteiger charge is -2.35. The van der Waals surface area contributed by atoms with Crippen molar-refractivity contribution < 1.29 is 19.8 Å². The lowest BCUT2D eigenvalue weighted by molar-refractivity contribution is -0.162. The van der Waals surface area contributed by atoms with E-state index in [1.165, 1.54) is 0 Å². The van der Waals surface area contributed by atoms with Crippen LogP contribution in [0.2, 0.25) is 0 Å². The third-order valence-electron chi connectivity index (χ3n) is 4.33. The highest BCUT2D eigenvalue weighted by atomic mass is 79.9.